The van der Waals surface area contributed by atoms with Crippen LogP contribution in [0.3, 0.4) is 0 Å². The van der Waals surface area contributed by atoms with Crippen molar-refractivity contribution >= 4 is 46.4 Å². The molecule has 2 aliphatic heterocycles. The molecule has 2 saturated heterocycles. The minimum absolute atomic E-state index is 0. The molecule has 0 aliphatic carbocycles. The van der Waals surface area contributed by atoms with Gasteiger partial charge in [0.25, 0.3) is 0 Å². The number of rotatable bonds is 9. The number of hydrogen-bond acceptors (Lipinski definition) is 6. The van der Waals surface area contributed by atoms with Gasteiger partial charge in [-0.2, -0.15) is 0 Å². The number of nitrogens with one attached hydrogen (secondary N) is 2. The Hall–Kier alpha value is -0.650. The van der Waals surface area contributed by atoms with Crippen molar-refractivity contribution in [2.75, 3.05) is 50.9 Å². The minimum Gasteiger partial charge on any atom is -0.379 e. The molecule has 7 nitrogen and oxygen atoms in total. The van der Waals surface area contributed by atoms with Crippen molar-refractivity contribution in [2.45, 2.75) is 51.7 Å². The van der Waals surface area contributed by atoms with Gasteiger partial charge in [0, 0.05) is 50.6 Å². The van der Waals surface area contributed by atoms with Gasteiger partial charge >= 0.3 is 0 Å². The van der Waals surface area contributed by atoms with Crippen molar-refractivity contribution in [2.24, 2.45) is 4.99 Å². The Labute approximate surface area is 189 Å². The van der Waals surface area contributed by atoms with Crippen LogP contribution in [0.1, 0.15) is 38.8 Å². The molecule has 2 unspecified atom stereocenters. The number of anilines is 1. The summed E-state index contributed by atoms with van der Waals surface area (Å²) in [5.74, 6) is 0.839. The summed E-state index contributed by atoms with van der Waals surface area (Å²) in [7, 11) is 0. The van der Waals surface area contributed by atoms with Crippen molar-refractivity contribution in [3.8, 4) is 0 Å². The van der Waals surface area contributed by atoms with Crippen molar-refractivity contribution in [3.05, 3.63) is 11.1 Å². The summed E-state index contributed by atoms with van der Waals surface area (Å²) in [5.41, 5.74) is 1.14. The molecule has 3 rings (SSSR count). The number of aliphatic imine (C=N–C) groups is 1. The Kier molecular flexibility index (Phi) is 10.8. The molecule has 1 aromatic rings. The Morgan fingerprint density at radius 2 is 2.29 bits per heavy atom. The Morgan fingerprint density at radius 3 is 3.00 bits per heavy atom. The Balaban J connectivity index is 0.00000280. The van der Waals surface area contributed by atoms with E-state index in [1.54, 1.807) is 11.3 Å². The van der Waals surface area contributed by atoms with Gasteiger partial charge in [-0.05, 0) is 33.1 Å². The predicted octanol–water partition coefficient (Wildman–Crippen LogP) is 2.65. The zero-order valence-corrected chi connectivity index (χ0v) is 20.1. The van der Waals surface area contributed by atoms with E-state index in [-0.39, 0.29) is 36.1 Å². The summed E-state index contributed by atoms with van der Waals surface area (Å²) in [5, 5.41) is 10.1. The summed E-state index contributed by atoms with van der Waals surface area (Å²) in [6.07, 6.45) is 4.67. The third-order valence-electron chi connectivity index (χ3n) is 4.75. The molecule has 2 atom stereocenters. The normalized spacial score (nSPS) is 20.9. The number of aromatic nitrogens is 1. The lowest BCUT2D eigenvalue weighted by molar-refractivity contribution is 0.0347. The molecule has 28 heavy (non-hydrogen) atoms. The van der Waals surface area contributed by atoms with E-state index in [0.29, 0.717) is 13.2 Å². The summed E-state index contributed by atoms with van der Waals surface area (Å²) in [6, 6.07) is 0.199. The summed E-state index contributed by atoms with van der Waals surface area (Å²) >= 11 is 1.75. The molecule has 0 saturated carbocycles. The maximum absolute atomic E-state index is 5.89. The highest BCUT2D eigenvalue weighted by atomic mass is 127. The van der Waals surface area contributed by atoms with Crippen LogP contribution in [0, 0.1) is 0 Å². The van der Waals surface area contributed by atoms with E-state index in [2.05, 4.69) is 34.8 Å². The first-order chi connectivity index (χ1) is 13.2. The van der Waals surface area contributed by atoms with Crippen molar-refractivity contribution in [1.29, 1.82) is 0 Å². The second kappa shape index (κ2) is 12.8. The number of thiazole rings is 1. The standard InChI is InChI=1S/C19H33N5O2S.HI/c1-3-20-18(22-15(2)12-26-17-7-11-25-13-17)21-8-6-16-14-27-19(23-16)24-9-4-5-10-24;/h14-15,17H,3-13H2,1-2H3,(H2,20,21,22);1H. The molecule has 0 bridgehead atoms. The molecule has 0 spiro atoms. The van der Waals surface area contributed by atoms with E-state index < -0.39 is 0 Å². The Morgan fingerprint density at radius 1 is 1.46 bits per heavy atom. The first-order valence-electron chi connectivity index (χ1n) is 10.2. The largest absolute Gasteiger partial charge is 0.379 e. The zero-order valence-electron chi connectivity index (χ0n) is 17.0. The predicted molar refractivity (Wildman–Crippen MR) is 126 cm³/mol. The van der Waals surface area contributed by atoms with Crippen LogP contribution >= 0.6 is 35.3 Å². The van der Waals surface area contributed by atoms with Gasteiger partial charge in [-0.25, -0.2) is 4.98 Å². The molecule has 1 aromatic heterocycles. The lowest BCUT2D eigenvalue weighted by atomic mass is 10.3. The smallest absolute Gasteiger partial charge is 0.191 e. The highest BCUT2D eigenvalue weighted by Gasteiger charge is 2.17. The average molecular weight is 523 g/mol. The lowest BCUT2D eigenvalue weighted by Gasteiger charge is -2.19. The highest BCUT2D eigenvalue weighted by molar-refractivity contribution is 14.0. The van der Waals surface area contributed by atoms with Crippen LogP contribution in [0.4, 0.5) is 5.13 Å². The third kappa shape index (κ3) is 7.64. The molecular weight excluding hydrogens is 489 g/mol. The number of halogens is 1. The fourth-order valence-corrected chi connectivity index (χ4v) is 4.18. The molecule has 2 N–H and O–H groups in total. The van der Waals surface area contributed by atoms with Crippen LogP contribution in [-0.4, -0.2) is 69.1 Å². The maximum atomic E-state index is 5.89. The van der Waals surface area contributed by atoms with E-state index in [0.717, 1.165) is 62.4 Å². The van der Waals surface area contributed by atoms with Crippen molar-refractivity contribution < 1.29 is 9.47 Å². The van der Waals surface area contributed by atoms with Crippen LogP contribution < -0.4 is 15.5 Å². The lowest BCUT2D eigenvalue weighted by Crippen LogP contribution is -2.44. The fraction of sp³-hybridized carbons (Fsp3) is 0.789. The van der Waals surface area contributed by atoms with E-state index >= 15 is 0 Å². The van der Waals surface area contributed by atoms with Crippen LogP contribution in [-0.2, 0) is 15.9 Å². The zero-order chi connectivity index (χ0) is 18.9. The second-order valence-corrected chi connectivity index (χ2v) is 8.03. The molecule has 3 heterocycles. The van der Waals surface area contributed by atoms with Gasteiger partial charge in [-0.3, -0.25) is 4.99 Å². The van der Waals surface area contributed by atoms with Crippen molar-refractivity contribution in [3.63, 3.8) is 0 Å². The second-order valence-electron chi connectivity index (χ2n) is 7.19. The molecular formula is C19H34IN5O2S. The third-order valence-corrected chi connectivity index (χ3v) is 5.70. The number of nitrogens with zero attached hydrogens (tertiary/aromatic N) is 3. The molecule has 2 aliphatic rings. The number of guanidine groups is 1. The van der Waals surface area contributed by atoms with Crippen LogP contribution in [0.5, 0.6) is 0 Å². The quantitative estimate of drug-likeness (QED) is 0.295. The first kappa shape index (κ1) is 23.6. The van der Waals surface area contributed by atoms with Gasteiger partial charge in [-0.15, -0.1) is 35.3 Å². The molecule has 0 radical (unpaired) electrons. The van der Waals surface area contributed by atoms with Crippen LogP contribution in [0.15, 0.2) is 10.4 Å². The van der Waals surface area contributed by atoms with Crippen LogP contribution in [0.2, 0.25) is 0 Å². The summed E-state index contributed by atoms with van der Waals surface area (Å²) < 4.78 is 11.2. The van der Waals surface area contributed by atoms with Gasteiger partial charge in [0.15, 0.2) is 11.1 Å². The van der Waals surface area contributed by atoms with Crippen LogP contribution in [0.25, 0.3) is 0 Å². The Bertz CT molecular complexity index is 589. The first-order valence-corrected chi connectivity index (χ1v) is 11.1. The van der Waals surface area contributed by atoms with E-state index in [1.807, 2.05) is 0 Å². The highest BCUT2D eigenvalue weighted by Crippen LogP contribution is 2.24. The number of hydrogen-bond donors (Lipinski definition) is 2. The summed E-state index contributed by atoms with van der Waals surface area (Å²) in [6.45, 7) is 10.2. The summed E-state index contributed by atoms with van der Waals surface area (Å²) in [4.78, 5) is 11.9. The molecule has 9 heteroatoms. The molecule has 2 fully saturated rings. The van der Waals surface area contributed by atoms with E-state index in [4.69, 9.17) is 19.5 Å². The van der Waals surface area contributed by atoms with Gasteiger partial charge in [0.2, 0.25) is 0 Å². The van der Waals surface area contributed by atoms with Crippen molar-refractivity contribution in [1.82, 2.24) is 15.6 Å². The average Bonchev–Trinajstić information content (AvgIpc) is 3.41. The molecule has 0 amide bonds. The topological polar surface area (TPSA) is 71.0 Å². The fourth-order valence-electron chi connectivity index (χ4n) is 3.27. The SMILES string of the molecule is CCNC(=NCCc1csc(N2CCCC2)n1)NC(C)COC1CCOC1.I. The molecule has 160 valence electrons. The van der Waals surface area contributed by atoms with Gasteiger partial charge in [0.05, 0.1) is 25.0 Å². The van der Waals surface area contributed by atoms with Gasteiger partial charge < -0.3 is 25.0 Å². The number of ether oxygens (including phenoxy) is 2. The minimum atomic E-state index is 0. The van der Waals surface area contributed by atoms with Gasteiger partial charge in [0.1, 0.15) is 0 Å². The van der Waals surface area contributed by atoms with Gasteiger partial charge in [-0.1, -0.05) is 0 Å². The monoisotopic (exact) mass is 523 g/mol. The maximum Gasteiger partial charge on any atom is 0.191 e. The molecule has 0 aromatic carbocycles. The van der Waals surface area contributed by atoms with E-state index in [9.17, 15) is 0 Å². The van der Waals surface area contributed by atoms with E-state index in [1.165, 1.54) is 12.8 Å².